The van der Waals surface area contributed by atoms with Crippen LogP contribution < -0.4 is 9.47 Å². The first-order valence-corrected chi connectivity index (χ1v) is 6.84. The highest BCUT2D eigenvalue weighted by Gasteiger charge is 2.07. The second-order valence-electron chi connectivity index (χ2n) is 4.41. The highest BCUT2D eigenvalue weighted by Crippen LogP contribution is 2.25. The first kappa shape index (κ1) is 15.3. The summed E-state index contributed by atoms with van der Waals surface area (Å²) in [4.78, 5) is 3.79. The van der Waals surface area contributed by atoms with Gasteiger partial charge in [-0.15, -0.1) is 0 Å². The number of hydrogen-bond donors (Lipinski definition) is 0. The monoisotopic (exact) mass is 307 g/mol. The van der Waals surface area contributed by atoms with Gasteiger partial charge in [0.1, 0.15) is 18.1 Å². The van der Waals surface area contributed by atoms with E-state index in [0.29, 0.717) is 18.1 Å². The van der Waals surface area contributed by atoms with Gasteiger partial charge >= 0.3 is 0 Å². The van der Waals surface area contributed by atoms with E-state index < -0.39 is 5.82 Å². The molecule has 0 N–H and O–H groups in total. The molecule has 5 heteroatoms. The summed E-state index contributed by atoms with van der Waals surface area (Å²) in [6.45, 7) is 6.37. The average molecular weight is 308 g/mol. The van der Waals surface area contributed by atoms with Gasteiger partial charge in [-0.25, -0.2) is 9.37 Å². The van der Waals surface area contributed by atoms with Crippen molar-refractivity contribution < 1.29 is 13.9 Å². The summed E-state index contributed by atoms with van der Waals surface area (Å²) in [5, 5.41) is 0.222. The lowest BCUT2D eigenvalue weighted by Crippen LogP contribution is -1.99. The van der Waals surface area contributed by atoms with Gasteiger partial charge in [-0.1, -0.05) is 25.1 Å². The Balaban J connectivity index is 2.00. The van der Waals surface area contributed by atoms with Gasteiger partial charge in [-0.05, 0) is 42.3 Å². The Labute approximate surface area is 128 Å². The van der Waals surface area contributed by atoms with Crippen LogP contribution in [0, 0.1) is 5.82 Å². The molecule has 1 aromatic heterocycles. The van der Waals surface area contributed by atoms with Crippen LogP contribution in [0.5, 0.6) is 17.4 Å². The van der Waals surface area contributed by atoms with Crippen molar-refractivity contribution in [3.05, 3.63) is 59.5 Å². The van der Waals surface area contributed by atoms with E-state index in [1.165, 1.54) is 6.20 Å². The maximum atomic E-state index is 13.6. The van der Waals surface area contributed by atoms with E-state index in [-0.39, 0.29) is 10.9 Å². The molecule has 2 aromatic rings. The second kappa shape index (κ2) is 7.09. The Kier molecular flexibility index (Phi) is 5.17. The third kappa shape index (κ3) is 4.46. The van der Waals surface area contributed by atoms with Gasteiger partial charge in [0.25, 0.3) is 5.88 Å². The van der Waals surface area contributed by atoms with Crippen molar-refractivity contribution in [2.75, 3.05) is 6.61 Å². The number of halogens is 2. The van der Waals surface area contributed by atoms with E-state index in [1.807, 2.05) is 6.92 Å². The molecule has 0 radical (unpaired) electrons. The van der Waals surface area contributed by atoms with Crippen LogP contribution in [0.25, 0.3) is 0 Å². The van der Waals surface area contributed by atoms with Gasteiger partial charge in [-0.2, -0.15) is 0 Å². The van der Waals surface area contributed by atoms with Crippen LogP contribution in [0.3, 0.4) is 0 Å². The smallest absolute Gasteiger partial charge is 0.255 e. The summed E-state index contributed by atoms with van der Waals surface area (Å²) in [6, 6.07) is 8.00. The standard InChI is InChI=1S/C16H15ClFNO2/c1-3-11(2)10-20-13-4-6-14(7-5-13)21-16-15(18)8-12(17)9-19-16/h4-9H,2-3,10H2,1H3. The summed E-state index contributed by atoms with van der Waals surface area (Å²) in [7, 11) is 0. The Morgan fingerprint density at radius 1 is 1.29 bits per heavy atom. The fourth-order valence-electron chi connectivity index (χ4n) is 1.48. The van der Waals surface area contributed by atoms with E-state index in [4.69, 9.17) is 21.1 Å². The van der Waals surface area contributed by atoms with E-state index in [2.05, 4.69) is 11.6 Å². The molecule has 0 fully saturated rings. The minimum atomic E-state index is -0.609. The number of hydrogen-bond acceptors (Lipinski definition) is 3. The van der Waals surface area contributed by atoms with E-state index in [1.54, 1.807) is 24.3 Å². The quantitative estimate of drug-likeness (QED) is 0.703. The fourth-order valence-corrected chi connectivity index (χ4v) is 1.62. The number of pyridine rings is 1. The molecule has 0 saturated heterocycles. The summed E-state index contributed by atoms with van der Waals surface area (Å²) in [5.41, 5.74) is 1.02. The maximum Gasteiger partial charge on any atom is 0.255 e. The van der Waals surface area contributed by atoms with Crippen LogP contribution in [0.2, 0.25) is 5.02 Å². The predicted molar refractivity (Wildman–Crippen MR) is 80.6 cm³/mol. The van der Waals surface area contributed by atoms with Crippen LogP contribution in [0.1, 0.15) is 13.3 Å². The molecule has 0 atom stereocenters. The lowest BCUT2D eigenvalue weighted by molar-refractivity contribution is 0.348. The predicted octanol–water partition coefficient (Wildman–Crippen LogP) is 5.01. The van der Waals surface area contributed by atoms with Crippen LogP contribution in [0.4, 0.5) is 4.39 Å². The molecule has 0 amide bonds. The molecule has 21 heavy (non-hydrogen) atoms. The minimum Gasteiger partial charge on any atom is -0.489 e. The number of ether oxygens (including phenoxy) is 2. The highest BCUT2D eigenvalue weighted by molar-refractivity contribution is 6.30. The van der Waals surface area contributed by atoms with Crippen molar-refractivity contribution >= 4 is 11.6 Å². The molecule has 0 unspecified atom stereocenters. The van der Waals surface area contributed by atoms with Gasteiger partial charge in [-0.3, -0.25) is 0 Å². The number of nitrogens with zero attached hydrogens (tertiary/aromatic N) is 1. The molecular weight excluding hydrogens is 293 g/mol. The summed E-state index contributed by atoms with van der Waals surface area (Å²) in [6.07, 6.45) is 2.20. The first-order valence-electron chi connectivity index (χ1n) is 6.47. The SMILES string of the molecule is C=C(CC)COc1ccc(Oc2ncc(Cl)cc2F)cc1. The molecule has 110 valence electrons. The molecule has 0 bridgehead atoms. The van der Waals surface area contributed by atoms with Crippen molar-refractivity contribution in [2.45, 2.75) is 13.3 Å². The summed E-state index contributed by atoms with van der Waals surface area (Å²) >= 11 is 5.63. The molecule has 0 aliphatic carbocycles. The fraction of sp³-hybridized carbons (Fsp3) is 0.188. The lowest BCUT2D eigenvalue weighted by Gasteiger charge is -2.09. The molecule has 1 heterocycles. The largest absolute Gasteiger partial charge is 0.489 e. The normalized spacial score (nSPS) is 10.2. The zero-order valence-corrected chi connectivity index (χ0v) is 12.4. The molecule has 2 rings (SSSR count). The van der Waals surface area contributed by atoms with Gasteiger partial charge in [0, 0.05) is 6.20 Å². The van der Waals surface area contributed by atoms with Gasteiger partial charge in [0.15, 0.2) is 5.82 Å². The third-order valence-electron chi connectivity index (χ3n) is 2.76. The second-order valence-corrected chi connectivity index (χ2v) is 4.84. The number of aromatic nitrogens is 1. The third-order valence-corrected chi connectivity index (χ3v) is 2.96. The Morgan fingerprint density at radius 2 is 1.95 bits per heavy atom. The number of rotatable bonds is 6. The summed E-state index contributed by atoms with van der Waals surface area (Å²) < 4.78 is 24.4. The zero-order valence-electron chi connectivity index (χ0n) is 11.6. The Morgan fingerprint density at radius 3 is 2.57 bits per heavy atom. The molecule has 0 spiro atoms. The Hall–Kier alpha value is -2.07. The number of benzene rings is 1. The Bertz CT molecular complexity index is 629. The molecule has 0 aliphatic heterocycles. The highest BCUT2D eigenvalue weighted by atomic mass is 35.5. The van der Waals surface area contributed by atoms with E-state index in [0.717, 1.165) is 18.1 Å². The van der Waals surface area contributed by atoms with Crippen molar-refractivity contribution in [1.29, 1.82) is 0 Å². The van der Waals surface area contributed by atoms with Gasteiger partial charge < -0.3 is 9.47 Å². The van der Waals surface area contributed by atoms with E-state index in [9.17, 15) is 4.39 Å². The zero-order chi connectivity index (χ0) is 15.2. The van der Waals surface area contributed by atoms with Crippen molar-refractivity contribution in [2.24, 2.45) is 0 Å². The van der Waals surface area contributed by atoms with Crippen LogP contribution in [0.15, 0.2) is 48.7 Å². The van der Waals surface area contributed by atoms with Crippen molar-refractivity contribution in [3.8, 4) is 17.4 Å². The lowest BCUT2D eigenvalue weighted by atomic mass is 10.2. The van der Waals surface area contributed by atoms with Crippen LogP contribution in [-0.2, 0) is 0 Å². The van der Waals surface area contributed by atoms with Gasteiger partial charge in [0.2, 0.25) is 0 Å². The van der Waals surface area contributed by atoms with Crippen molar-refractivity contribution in [1.82, 2.24) is 4.98 Å². The van der Waals surface area contributed by atoms with Gasteiger partial charge in [0.05, 0.1) is 5.02 Å². The topological polar surface area (TPSA) is 31.4 Å². The molecule has 1 aromatic carbocycles. The molecule has 0 saturated carbocycles. The molecular formula is C16H15ClFNO2. The van der Waals surface area contributed by atoms with Crippen LogP contribution in [-0.4, -0.2) is 11.6 Å². The minimum absolute atomic E-state index is 0.118. The van der Waals surface area contributed by atoms with Crippen LogP contribution >= 0.6 is 11.6 Å². The van der Waals surface area contributed by atoms with E-state index >= 15 is 0 Å². The van der Waals surface area contributed by atoms with Crippen molar-refractivity contribution in [3.63, 3.8) is 0 Å². The maximum absolute atomic E-state index is 13.6. The first-order chi connectivity index (χ1) is 10.1. The molecule has 0 aliphatic rings. The average Bonchev–Trinajstić information content (AvgIpc) is 2.49. The molecule has 3 nitrogen and oxygen atoms in total. The summed E-state index contributed by atoms with van der Waals surface area (Å²) in [5.74, 6) is 0.432.